The van der Waals surface area contributed by atoms with Crippen LogP contribution >= 0.6 is 0 Å². The van der Waals surface area contributed by atoms with Crippen LogP contribution in [0.4, 0.5) is 0 Å². The summed E-state index contributed by atoms with van der Waals surface area (Å²) in [6, 6.07) is 8.60. The zero-order valence-electron chi connectivity index (χ0n) is 11.6. The standard InChI is InChI=1S/C17H18O3/c1-15-11-14-16(20-15,13-6-3-2-5-12(13)15)7-4-8-17(14)18-9-10-19-17/h2-3,5-6,11H,4,7-10H2,1H3/t15-,16+/m0/s1. The van der Waals surface area contributed by atoms with E-state index >= 15 is 0 Å². The number of rotatable bonds is 0. The Morgan fingerprint density at radius 2 is 1.75 bits per heavy atom. The molecule has 1 aromatic carbocycles. The van der Waals surface area contributed by atoms with Crippen molar-refractivity contribution in [2.45, 2.75) is 43.2 Å². The van der Waals surface area contributed by atoms with Crippen molar-refractivity contribution >= 4 is 0 Å². The lowest BCUT2D eigenvalue weighted by atomic mass is 9.68. The lowest BCUT2D eigenvalue weighted by Crippen LogP contribution is -2.46. The maximum Gasteiger partial charge on any atom is 0.194 e. The molecule has 2 spiro atoms. The van der Waals surface area contributed by atoms with E-state index in [1.165, 1.54) is 16.7 Å². The molecule has 4 aliphatic rings. The largest absolute Gasteiger partial charge is 0.351 e. The minimum Gasteiger partial charge on any atom is -0.351 e. The Hall–Kier alpha value is -1.16. The van der Waals surface area contributed by atoms with Gasteiger partial charge in [0.25, 0.3) is 0 Å². The minimum absolute atomic E-state index is 0.312. The average molecular weight is 270 g/mol. The molecule has 5 rings (SSSR count). The molecule has 20 heavy (non-hydrogen) atoms. The molecule has 104 valence electrons. The number of benzene rings is 1. The molecule has 1 saturated carbocycles. The van der Waals surface area contributed by atoms with Crippen molar-refractivity contribution in [3.8, 4) is 0 Å². The average Bonchev–Trinajstić information content (AvgIpc) is 3.10. The van der Waals surface area contributed by atoms with Crippen LogP contribution < -0.4 is 0 Å². The van der Waals surface area contributed by atoms with Gasteiger partial charge in [0.2, 0.25) is 0 Å². The van der Waals surface area contributed by atoms with E-state index in [9.17, 15) is 0 Å². The Bertz CT molecular complexity index is 629. The van der Waals surface area contributed by atoms with Gasteiger partial charge in [0.15, 0.2) is 5.79 Å². The van der Waals surface area contributed by atoms with Gasteiger partial charge in [0.05, 0.1) is 13.2 Å². The summed E-state index contributed by atoms with van der Waals surface area (Å²) in [5.41, 5.74) is 3.21. The van der Waals surface area contributed by atoms with Crippen LogP contribution in [0.1, 0.15) is 37.3 Å². The SMILES string of the molecule is C[C@@]12C=C3C4(CCC[C@@]3(O1)c1ccccc12)OCCO4. The number of ether oxygens (including phenoxy) is 3. The first-order chi connectivity index (χ1) is 9.69. The Balaban J connectivity index is 1.76. The summed E-state index contributed by atoms with van der Waals surface area (Å²) in [5, 5.41) is 0. The maximum absolute atomic E-state index is 6.56. The molecule has 3 nitrogen and oxygen atoms in total. The summed E-state index contributed by atoms with van der Waals surface area (Å²) in [6.07, 6.45) is 5.31. The highest BCUT2D eigenvalue weighted by Crippen LogP contribution is 2.65. The van der Waals surface area contributed by atoms with Crippen LogP contribution in [0.25, 0.3) is 0 Å². The second kappa shape index (κ2) is 3.35. The summed E-state index contributed by atoms with van der Waals surface area (Å²) in [4.78, 5) is 0. The van der Waals surface area contributed by atoms with E-state index in [1.807, 2.05) is 0 Å². The third kappa shape index (κ3) is 1.10. The first kappa shape index (κ1) is 11.5. The fraction of sp³-hybridized carbons (Fsp3) is 0.529. The van der Waals surface area contributed by atoms with E-state index in [0.717, 1.165) is 19.3 Å². The Morgan fingerprint density at radius 3 is 2.55 bits per heavy atom. The molecule has 3 heteroatoms. The summed E-state index contributed by atoms with van der Waals surface area (Å²) in [6.45, 7) is 3.53. The van der Waals surface area contributed by atoms with Crippen molar-refractivity contribution in [1.82, 2.24) is 0 Å². The monoisotopic (exact) mass is 270 g/mol. The second-order valence-corrected chi connectivity index (χ2v) is 6.44. The minimum atomic E-state index is -0.524. The molecule has 3 aliphatic heterocycles. The van der Waals surface area contributed by atoms with Crippen molar-refractivity contribution in [2.75, 3.05) is 13.2 Å². The van der Waals surface area contributed by atoms with Gasteiger partial charge in [0, 0.05) is 12.0 Å². The van der Waals surface area contributed by atoms with Gasteiger partial charge < -0.3 is 14.2 Å². The quantitative estimate of drug-likeness (QED) is 0.678. The van der Waals surface area contributed by atoms with Crippen molar-refractivity contribution in [2.24, 2.45) is 0 Å². The number of hydrogen-bond donors (Lipinski definition) is 0. The van der Waals surface area contributed by atoms with Crippen molar-refractivity contribution < 1.29 is 14.2 Å². The van der Waals surface area contributed by atoms with E-state index in [2.05, 4.69) is 37.3 Å². The molecule has 0 amide bonds. The number of fused-ring (bicyclic) bond motifs is 4. The first-order valence-electron chi connectivity index (χ1n) is 7.51. The molecular weight excluding hydrogens is 252 g/mol. The van der Waals surface area contributed by atoms with Gasteiger partial charge in [-0.3, -0.25) is 0 Å². The lowest BCUT2D eigenvalue weighted by molar-refractivity contribution is -0.178. The van der Waals surface area contributed by atoms with Crippen molar-refractivity contribution in [3.63, 3.8) is 0 Å². The molecule has 0 N–H and O–H groups in total. The maximum atomic E-state index is 6.56. The van der Waals surface area contributed by atoms with Crippen molar-refractivity contribution in [1.29, 1.82) is 0 Å². The molecule has 2 atom stereocenters. The van der Waals surface area contributed by atoms with Crippen LogP contribution in [0.3, 0.4) is 0 Å². The van der Waals surface area contributed by atoms with Gasteiger partial charge >= 0.3 is 0 Å². The van der Waals surface area contributed by atoms with Crippen LogP contribution in [-0.2, 0) is 25.4 Å². The Labute approximate surface area is 118 Å². The fourth-order valence-corrected chi connectivity index (χ4v) is 4.64. The zero-order chi connectivity index (χ0) is 13.4. The van der Waals surface area contributed by atoms with Crippen LogP contribution in [0, 0.1) is 0 Å². The van der Waals surface area contributed by atoms with E-state index in [-0.39, 0.29) is 11.2 Å². The second-order valence-electron chi connectivity index (χ2n) is 6.44. The molecule has 1 aromatic rings. The molecule has 1 saturated heterocycles. The third-order valence-electron chi connectivity index (χ3n) is 5.34. The fourth-order valence-electron chi connectivity index (χ4n) is 4.64. The molecule has 2 fully saturated rings. The molecular formula is C17H18O3. The summed E-state index contributed by atoms with van der Waals surface area (Å²) in [5.74, 6) is -0.524. The highest BCUT2D eigenvalue weighted by molar-refractivity contribution is 5.56. The first-order valence-corrected chi connectivity index (χ1v) is 7.51. The summed E-state index contributed by atoms with van der Waals surface area (Å²) in [7, 11) is 0. The van der Waals surface area contributed by atoms with Gasteiger partial charge in [-0.15, -0.1) is 0 Å². The Morgan fingerprint density at radius 1 is 1.00 bits per heavy atom. The normalized spacial score (nSPS) is 39.8. The molecule has 0 aromatic heterocycles. The van der Waals surface area contributed by atoms with Crippen molar-refractivity contribution in [3.05, 3.63) is 47.0 Å². The third-order valence-corrected chi connectivity index (χ3v) is 5.34. The van der Waals surface area contributed by atoms with Gasteiger partial charge in [-0.2, -0.15) is 0 Å². The highest BCUT2D eigenvalue weighted by atomic mass is 16.7. The van der Waals surface area contributed by atoms with E-state index < -0.39 is 5.79 Å². The van der Waals surface area contributed by atoms with Crippen LogP contribution in [0.2, 0.25) is 0 Å². The predicted octanol–water partition coefficient (Wildman–Crippen LogP) is 2.99. The van der Waals surface area contributed by atoms with Gasteiger partial charge in [-0.1, -0.05) is 24.3 Å². The molecule has 2 bridgehead atoms. The number of hydrogen-bond acceptors (Lipinski definition) is 3. The summed E-state index contributed by atoms with van der Waals surface area (Å²) >= 11 is 0. The molecule has 0 radical (unpaired) electrons. The lowest BCUT2D eigenvalue weighted by Gasteiger charge is -2.43. The molecule has 0 unspecified atom stereocenters. The van der Waals surface area contributed by atoms with Gasteiger partial charge in [-0.25, -0.2) is 0 Å². The van der Waals surface area contributed by atoms with Crippen LogP contribution in [0.5, 0.6) is 0 Å². The van der Waals surface area contributed by atoms with Crippen LogP contribution in [-0.4, -0.2) is 19.0 Å². The zero-order valence-corrected chi connectivity index (χ0v) is 11.6. The predicted molar refractivity (Wildman–Crippen MR) is 73.1 cm³/mol. The topological polar surface area (TPSA) is 27.7 Å². The highest BCUT2D eigenvalue weighted by Gasteiger charge is 2.65. The smallest absolute Gasteiger partial charge is 0.194 e. The summed E-state index contributed by atoms with van der Waals surface area (Å²) < 4.78 is 18.6. The van der Waals surface area contributed by atoms with Gasteiger partial charge in [-0.05, 0) is 37.0 Å². The molecule has 3 heterocycles. The van der Waals surface area contributed by atoms with Crippen LogP contribution in [0.15, 0.2) is 35.9 Å². The van der Waals surface area contributed by atoms with E-state index in [0.29, 0.717) is 13.2 Å². The Kier molecular flexibility index (Phi) is 1.93. The molecule has 1 aliphatic carbocycles. The van der Waals surface area contributed by atoms with Gasteiger partial charge in [0.1, 0.15) is 11.2 Å². The van der Waals surface area contributed by atoms with E-state index in [4.69, 9.17) is 14.2 Å². The van der Waals surface area contributed by atoms with E-state index in [1.54, 1.807) is 0 Å².